The Bertz CT molecular complexity index is 1550. The zero-order valence-corrected chi connectivity index (χ0v) is 22.7. The lowest BCUT2D eigenvalue weighted by Gasteiger charge is -2.16. The number of hydrogen-bond acceptors (Lipinski definition) is 6. The molecule has 4 aromatic rings. The van der Waals surface area contributed by atoms with Gasteiger partial charge in [-0.15, -0.1) is 0 Å². The van der Waals surface area contributed by atoms with Crippen molar-refractivity contribution in [3.63, 3.8) is 0 Å². The Kier molecular flexibility index (Phi) is 8.03. The van der Waals surface area contributed by atoms with Crippen molar-refractivity contribution in [2.45, 2.75) is 20.3 Å². The van der Waals surface area contributed by atoms with Crippen molar-refractivity contribution >= 4 is 50.3 Å². The number of ether oxygens (including phenoxy) is 1. The van der Waals surface area contributed by atoms with Crippen LogP contribution in [-0.2, 0) is 11.2 Å². The number of aromatic nitrogens is 2. The highest BCUT2D eigenvalue weighted by Gasteiger charge is 2.12. The first-order valence-electron chi connectivity index (χ1n) is 11.8. The molecule has 0 bridgehead atoms. The molecule has 0 aliphatic carbocycles. The van der Waals surface area contributed by atoms with Crippen molar-refractivity contribution < 1.29 is 9.53 Å². The smallest absolute Gasteiger partial charge is 0.282 e. The maximum absolute atomic E-state index is 13.2. The zero-order chi connectivity index (χ0) is 26.5. The summed E-state index contributed by atoms with van der Waals surface area (Å²) in [5.41, 5.74) is 3.58. The standard InChI is InChI=1S/C28H28BrN5O3/c1-5-26-31-24-13-11-20(29)14-22(24)28(36)34(26)30-16-19-10-12-21(33(3)4)15-25(19)37-17-27(35)32-23-9-7-6-8-18(23)2/h6-16H,5,17H2,1-4H3,(H,32,35). The monoisotopic (exact) mass is 561 g/mol. The van der Waals surface area contributed by atoms with E-state index >= 15 is 0 Å². The third kappa shape index (κ3) is 6.06. The third-order valence-corrected chi connectivity index (χ3v) is 6.29. The van der Waals surface area contributed by atoms with E-state index in [4.69, 9.17) is 4.74 Å². The van der Waals surface area contributed by atoms with Crippen molar-refractivity contribution in [2.75, 3.05) is 30.9 Å². The van der Waals surface area contributed by atoms with Gasteiger partial charge in [-0.1, -0.05) is 41.1 Å². The van der Waals surface area contributed by atoms with Crippen molar-refractivity contribution in [1.29, 1.82) is 0 Å². The van der Waals surface area contributed by atoms with E-state index in [2.05, 4.69) is 31.3 Å². The summed E-state index contributed by atoms with van der Waals surface area (Å²) in [6.07, 6.45) is 2.08. The van der Waals surface area contributed by atoms with Gasteiger partial charge in [0.15, 0.2) is 6.61 Å². The number of anilines is 2. The van der Waals surface area contributed by atoms with Gasteiger partial charge in [-0.3, -0.25) is 9.59 Å². The van der Waals surface area contributed by atoms with Crippen molar-refractivity contribution in [3.8, 4) is 5.75 Å². The molecule has 0 fully saturated rings. The van der Waals surface area contributed by atoms with Crippen LogP contribution in [0.4, 0.5) is 11.4 Å². The van der Waals surface area contributed by atoms with Crippen molar-refractivity contribution in [3.05, 3.63) is 92.4 Å². The number of carbonyl (C=O) groups is 1. The largest absolute Gasteiger partial charge is 0.483 e. The predicted octanol–water partition coefficient (Wildman–Crippen LogP) is 5.00. The quantitative estimate of drug-likeness (QED) is 0.306. The van der Waals surface area contributed by atoms with Gasteiger partial charge in [-0.25, -0.2) is 4.98 Å². The van der Waals surface area contributed by atoms with Crippen LogP contribution in [0, 0.1) is 6.92 Å². The molecule has 3 aromatic carbocycles. The Morgan fingerprint density at radius 2 is 1.95 bits per heavy atom. The number of halogens is 1. The summed E-state index contributed by atoms with van der Waals surface area (Å²) in [5, 5.41) is 7.82. The number of benzene rings is 3. The Morgan fingerprint density at radius 3 is 2.68 bits per heavy atom. The highest BCUT2D eigenvalue weighted by atomic mass is 79.9. The Labute approximate surface area is 223 Å². The first-order valence-corrected chi connectivity index (χ1v) is 12.6. The summed E-state index contributed by atoms with van der Waals surface area (Å²) in [6.45, 7) is 3.67. The lowest BCUT2D eigenvalue weighted by Crippen LogP contribution is -2.22. The number of fused-ring (bicyclic) bond motifs is 1. The van der Waals surface area contributed by atoms with E-state index in [-0.39, 0.29) is 18.1 Å². The van der Waals surface area contributed by atoms with E-state index < -0.39 is 0 Å². The second-order valence-corrected chi connectivity index (χ2v) is 9.59. The molecule has 190 valence electrons. The van der Waals surface area contributed by atoms with Crippen LogP contribution in [0.25, 0.3) is 10.9 Å². The maximum atomic E-state index is 13.2. The van der Waals surface area contributed by atoms with E-state index in [0.29, 0.717) is 34.5 Å². The number of carbonyl (C=O) groups excluding carboxylic acids is 1. The second-order valence-electron chi connectivity index (χ2n) is 8.67. The Balaban J connectivity index is 1.64. The number of hydrogen-bond donors (Lipinski definition) is 1. The van der Waals surface area contributed by atoms with Gasteiger partial charge in [0, 0.05) is 48.0 Å². The number of aryl methyl sites for hydroxylation is 2. The minimum Gasteiger partial charge on any atom is -0.483 e. The molecule has 1 amide bonds. The molecule has 37 heavy (non-hydrogen) atoms. The molecular weight excluding hydrogens is 534 g/mol. The van der Waals surface area contributed by atoms with E-state index in [9.17, 15) is 9.59 Å². The average Bonchev–Trinajstić information content (AvgIpc) is 2.88. The summed E-state index contributed by atoms with van der Waals surface area (Å²) in [4.78, 5) is 32.4. The number of amides is 1. The van der Waals surface area contributed by atoms with Gasteiger partial charge >= 0.3 is 0 Å². The van der Waals surface area contributed by atoms with Gasteiger partial charge < -0.3 is 15.0 Å². The third-order valence-electron chi connectivity index (χ3n) is 5.80. The van der Waals surface area contributed by atoms with E-state index in [1.165, 1.54) is 4.68 Å². The summed E-state index contributed by atoms with van der Waals surface area (Å²) in [6, 6.07) is 18.6. The topological polar surface area (TPSA) is 88.8 Å². The highest BCUT2D eigenvalue weighted by Crippen LogP contribution is 2.24. The van der Waals surface area contributed by atoms with Gasteiger partial charge in [0.05, 0.1) is 17.1 Å². The van der Waals surface area contributed by atoms with Gasteiger partial charge in [-0.05, 0) is 48.9 Å². The molecule has 0 aliphatic rings. The molecule has 1 N–H and O–H groups in total. The van der Waals surface area contributed by atoms with Gasteiger partial charge in [0.2, 0.25) is 0 Å². The Morgan fingerprint density at radius 1 is 1.16 bits per heavy atom. The molecule has 0 spiro atoms. The number of nitrogens with zero attached hydrogens (tertiary/aromatic N) is 4. The SMILES string of the molecule is CCc1nc2ccc(Br)cc2c(=O)n1N=Cc1ccc(N(C)C)cc1OCC(=O)Nc1ccccc1C. The fourth-order valence-electron chi connectivity index (χ4n) is 3.74. The molecule has 8 nitrogen and oxygen atoms in total. The number of rotatable bonds is 8. The lowest BCUT2D eigenvalue weighted by molar-refractivity contribution is -0.118. The van der Waals surface area contributed by atoms with Crippen LogP contribution in [0.1, 0.15) is 23.9 Å². The summed E-state index contributed by atoms with van der Waals surface area (Å²) in [5.74, 6) is 0.736. The van der Waals surface area contributed by atoms with Crippen LogP contribution in [0.5, 0.6) is 5.75 Å². The van der Waals surface area contributed by atoms with Crippen LogP contribution in [0.3, 0.4) is 0 Å². The van der Waals surface area contributed by atoms with Crippen LogP contribution in [-0.4, -0.2) is 42.5 Å². The maximum Gasteiger partial charge on any atom is 0.282 e. The fourth-order valence-corrected chi connectivity index (χ4v) is 4.10. The number of nitrogens with one attached hydrogen (secondary N) is 1. The summed E-state index contributed by atoms with van der Waals surface area (Å²) >= 11 is 3.42. The minimum atomic E-state index is -0.277. The fraction of sp³-hybridized carbons (Fsp3) is 0.214. The van der Waals surface area contributed by atoms with E-state index in [1.54, 1.807) is 12.3 Å². The molecule has 4 rings (SSSR count). The Hall–Kier alpha value is -3.98. The molecule has 0 atom stereocenters. The molecule has 0 saturated heterocycles. The van der Waals surface area contributed by atoms with Crippen LogP contribution in [0.15, 0.2) is 75.0 Å². The van der Waals surface area contributed by atoms with Crippen LogP contribution < -0.4 is 20.5 Å². The first kappa shape index (κ1) is 26.1. The molecule has 0 unspecified atom stereocenters. The predicted molar refractivity (Wildman–Crippen MR) is 152 cm³/mol. The molecule has 0 aliphatic heterocycles. The lowest BCUT2D eigenvalue weighted by atomic mass is 10.2. The summed E-state index contributed by atoms with van der Waals surface area (Å²) < 4.78 is 8.02. The van der Waals surface area contributed by atoms with Crippen LogP contribution in [0.2, 0.25) is 0 Å². The first-order chi connectivity index (χ1) is 17.8. The minimum absolute atomic E-state index is 0.183. The van der Waals surface area contributed by atoms with Gasteiger partial charge in [0.1, 0.15) is 11.6 Å². The molecular formula is C28H28BrN5O3. The molecule has 0 radical (unpaired) electrons. The summed E-state index contributed by atoms with van der Waals surface area (Å²) in [7, 11) is 3.84. The second kappa shape index (κ2) is 11.4. The van der Waals surface area contributed by atoms with Crippen molar-refractivity contribution in [2.24, 2.45) is 5.10 Å². The van der Waals surface area contributed by atoms with Gasteiger partial charge in [-0.2, -0.15) is 9.78 Å². The molecule has 1 heterocycles. The molecule has 1 aromatic heterocycles. The van der Waals surface area contributed by atoms with E-state index in [1.807, 2.05) is 87.4 Å². The van der Waals surface area contributed by atoms with Crippen LogP contribution >= 0.6 is 15.9 Å². The van der Waals surface area contributed by atoms with Crippen molar-refractivity contribution in [1.82, 2.24) is 9.66 Å². The highest BCUT2D eigenvalue weighted by molar-refractivity contribution is 9.10. The number of para-hydroxylation sites is 1. The molecule has 9 heteroatoms. The zero-order valence-electron chi connectivity index (χ0n) is 21.2. The van der Waals surface area contributed by atoms with E-state index in [0.717, 1.165) is 21.4 Å². The van der Waals surface area contributed by atoms with Gasteiger partial charge in [0.25, 0.3) is 11.5 Å². The normalized spacial score (nSPS) is 11.2. The molecule has 0 saturated carbocycles. The average molecular weight is 562 g/mol.